The SMILES string of the molecule is CC(C)c1ccc(C(N)CNC(=O)[C@H]2CCC(=O)N2)cc1.Cl. The molecule has 1 aliphatic rings. The van der Waals surface area contributed by atoms with Crippen molar-refractivity contribution in [3.8, 4) is 0 Å². The lowest BCUT2D eigenvalue weighted by molar-refractivity contribution is -0.125. The van der Waals surface area contributed by atoms with E-state index in [4.69, 9.17) is 5.73 Å². The zero-order chi connectivity index (χ0) is 15.4. The molecule has 2 amide bonds. The van der Waals surface area contributed by atoms with Gasteiger partial charge in [0.05, 0.1) is 0 Å². The van der Waals surface area contributed by atoms with Gasteiger partial charge in [-0.25, -0.2) is 0 Å². The lowest BCUT2D eigenvalue weighted by Crippen LogP contribution is -2.43. The van der Waals surface area contributed by atoms with E-state index in [2.05, 4.69) is 36.6 Å². The number of benzene rings is 1. The van der Waals surface area contributed by atoms with E-state index in [1.54, 1.807) is 0 Å². The minimum atomic E-state index is -0.409. The Labute approximate surface area is 137 Å². The molecule has 0 radical (unpaired) electrons. The molecule has 22 heavy (non-hydrogen) atoms. The van der Waals surface area contributed by atoms with E-state index in [1.807, 2.05) is 12.1 Å². The first-order chi connectivity index (χ1) is 9.97. The summed E-state index contributed by atoms with van der Waals surface area (Å²) in [7, 11) is 0. The van der Waals surface area contributed by atoms with Crippen LogP contribution in [0.25, 0.3) is 0 Å². The fraction of sp³-hybridized carbons (Fsp3) is 0.500. The molecular weight excluding hydrogens is 302 g/mol. The van der Waals surface area contributed by atoms with Crippen molar-refractivity contribution in [1.82, 2.24) is 10.6 Å². The van der Waals surface area contributed by atoms with Crippen LogP contribution in [0.3, 0.4) is 0 Å². The first kappa shape index (κ1) is 18.5. The first-order valence-electron chi connectivity index (χ1n) is 7.40. The predicted octanol–water partition coefficient (Wildman–Crippen LogP) is 1.63. The van der Waals surface area contributed by atoms with Crippen molar-refractivity contribution in [3.05, 3.63) is 35.4 Å². The van der Waals surface area contributed by atoms with Crippen LogP contribution in [0.5, 0.6) is 0 Å². The van der Waals surface area contributed by atoms with Crippen LogP contribution in [-0.2, 0) is 9.59 Å². The molecule has 0 aliphatic carbocycles. The highest BCUT2D eigenvalue weighted by atomic mass is 35.5. The Kier molecular flexibility index (Phi) is 6.84. The molecule has 1 aliphatic heterocycles. The van der Waals surface area contributed by atoms with Crippen LogP contribution in [0.15, 0.2) is 24.3 Å². The van der Waals surface area contributed by atoms with Gasteiger partial charge in [0.15, 0.2) is 0 Å². The van der Waals surface area contributed by atoms with E-state index in [9.17, 15) is 9.59 Å². The van der Waals surface area contributed by atoms with Gasteiger partial charge in [0, 0.05) is 19.0 Å². The molecule has 2 rings (SSSR count). The largest absolute Gasteiger partial charge is 0.352 e. The highest BCUT2D eigenvalue weighted by molar-refractivity contribution is 5.90. The number of hydrogen-bond donors (Lipinski definition) is 3. The van der Waals surface area contributed by atoms with Crippen LogP contribution in [-0.4, -0.2) is 24.4 Å². The second-order valence-electron chi connectivity index (χ2n) is 5.83. The van der Waals surface area contributed by atoms with Crippen molar-refractivity contribution >= 4 is 24.2 Å². The van der Waals surface area contributed by atoms with Crippen molar-refractivity contribution in [2.24, 2.45) is 5.73 Å². The van der Waals surface area contributed by atoms with E-state index < -0.39 is 6.04 Å². The van der Waals surface area contributed by atoms with Gasteiger partial charge in [-0.15, -0.1) is 12.4 Å². The molecule has 1 fully saturated rings. The average Bonchev–Trinajstić information content (AvgIpc) is 2.91. The van der Waals surface area contributed by atoms with Gasteiger partial charge in [-0.2, -0.15) is 0 Å². The fourth-order valence-corrected chi connectivity index (χ4v) is 2.39. The van der Waals surface area contributed by atoms with Crippen LogP contribution in [0.4, 0.5) is 0 Å². The van der Waals surface area contributed by atoms with Gasteiger partial charge >= 0.3 is 0 Å². The maximum Gasteiger partial charge on any atom is 0.242 e. The van der Waals surface area contributed by atoms with E-state index in [1.165, 1.54) is 5.56 Å². The Morgan fingerprint density at radius 1 is 1.32 bits per heavy atom. The van der Waals surface area contributed by atoms with E-state index in [-0.39, 0.29) is 30.3 Å². The Bertz CT molecular complexity index is 517. The van der Waals surface area contributed by atoms with Crippen LogP contribution >= 0.6 is 12.4 Å². The molecule has 1 aromatic carbocycles. The summed E-state index contributed by atoms with van der Waals surface area (Å²) in [4.78, 5) is 23.0. The highest BCUT2D eigenvalue weighted by Crippen LogP contribution is 2.17. The molecule has 2 atom stereocenters. The maximum absolute atomic E-state index is 11.9. The molecule has 6 heteroatoms. The van der Waals surface area contributed by atoms with Crippen molar-refractivity contribution in [2.45, 2.75) is 44.7 Å². The standard InChI is InChI=1S/C16H23N3O2.ClH/c1-10(2)11-3-5-12(6-4-11)13(17)9-18-16(21)14-7-8-15(20)19-14;/h3-6,10,13-14H,7-9,17H2,1-2H3,(H,18,21)(H,19,20);1H/t13?,14-;/m1./s1. The van der Waals surface area contributed by atoms with Gasteiger partial charge in [-0.05, 0) is 23.5 Å². The predicted molar refractivity (Wildman–Crippen MR) is 88.9 cm³/mol. The van der Waals surface area contributed by atoms with Gasteiger partial charge in [0.25, 0.3) is 0 Å². The Balaban J connectivity index is 0.00000242. The zero-order valence-corrected chi connectivity index (χ0v) is 13.8. The lowest BCUT2D eigenvalue weighted by atomic mass is 9.99. The molecular formula is C16H24ClN3O2. The number of amides is 2. The summed E-state index contributed by atoms with van der Waals surface area (Å²) in [5.41, 5.74) is 8.36. The summed E-state index contributed by atoms with van der Waals surface area (Å²) in [6, 6.07) is 7.49. The second kappa shape index (κ2) is 8.15. The molecule has 0 bridgehead atoms. The minimum absolute atomic E-state index is 0. The third-order valence-electron chi connectivity index (χ3n) is 3.84. The minimum Gasteiger partial charge on any atom is -0.352 e. The molecule has 0 aromatic heterocycles. The highest BCUT2D eigenvalue weighted by Gasteiger charge is 2.27. The Morgan fingerprint density at radius 2 is 1.91 bits per heavy atom. The summed E-state index contributed by atoms with van der Waals surface area (Å²) in [6.45, 7) is 4.66. The van der Waals surface area contributed by atoms with E-state index in [0.29, 0.717) is 25.3 Å². The fourth-order valence-electron chi connectivity index (χ4n) is 2.39. The quantitative estimate of drug-likeness (QED) is 0.769. The number of nitrogens with two attached hydrogens (primary N) is 1. The van der Waals surface area contributed by atoms with Gasteiger partial charge < -0.3 is 16.4 Å². The van der Waals surface area contributed by atoms with E-state index in [0.717, 1.165) is 5.56 Å². The summed E-state index contributed by atoms with van der Waals surface area (Å²) in [5.74, 6) is 0.264. The molecule has 1 aromatic rings. The summed E-state index contributed by atoms with van der Waals surface area (Å²) in [6.07, 6.45) is 0.976. The molecule has 122 valence electrons. The number of carbonyl (C=O) groups excluding carboxylic acids is 2. The van der Waals surface area contributed by atoms with Gasteiger partial charge in [-0.3, -0.25) is 9.59 Å². The second-order valence-corrected chi connectivity index (χ2v) is 5.83. The van der Waals surface area contributed by atoms with Crippen LogP contribution in [0.1, 0.15) is 49.8 Å². The van der Waals surface area contributed by atoms with Crippen LogP contribution in [0, 0.1) is 0 Å². The van der Waals surface area contributed by atoms with Crippen molar-refractivity contribution < 1.29 is 9.59 Å². The number of hydrogen-bond acceptors (Lipinski definition) is 3. The smallest absolute Gasteiger partial charge is 0.242 e. The third-order valence-corrected chi connectivity index (χ3v) is 3.84. The molecule has 0 saturated carbocycles. The van der Waals surface area contributed by atoms with Crippen molar-refractivity contribution in [2.75, 3.05) is 6.54 Å². The van der Waals surface area contributed by atoms with Gasteiger partial charge in [0.2, 0.25) is 11.8 Å². The number of rotatable bonds is 5. The van der Waals surface area contributed by atoms with Crippen LogP contribution in [0.2, 0.25) is 0 Å². The normalized spacial score (nSPS) is 18.5. The van der Waals surface area contributed by atoms with Crippen molar-refractivity contribution in [1.29, 1.82) is 0 Å². The first-order valence-corrected chi connectivity index (χ1v) is 7.40. The van der Waals surface area contributed by atoms with Gasteiger partial charge in [0.1, 0.15) is 6.04 Å². The molecule has 4 N–H and O–H groups in total. The van der Waals surface area contributed by atoms with Crippen molar-refractivity contribution in [3.63, 3.8) is 0 Å². The van der Waals surface area contributed by atoms with E-state index >= 15 is 0 Å². The maximum atomic E-state index is 11.9. The number of halogens is 1. The molecule has 0 spiro atoms. The van der Waals surface area contributed by atoms with Gasteiger partial charge in [-0.1, -0.05) is 38.1 Å². The monoisotopic (exact) mass is 325 g/mol. The zero-order valence-electron chi connectivity index (χ0n) is 13.0. The Hall–Kier alpha value is -1.59. The summed E-state index contributed by atoms with van der Waals surface area (Å²) in [5, 5.41) is 5.45. The summed E-state index contributed by atoms with van der Waals surface area (Å²) >= 11 is 0. The van der Waals surface area contributed by atoms with Crippen LogP contribution < -0.4 is 16.4 Å². The average molecular weight is 326 g/mol. The molecule has 1 unspecified atom stereocenters. The molecule has 5 nitrogen and oxygen atoms in total. The molecule has 1 saturated heterocycles. The summed E-state index contributed by atoms with van der Waals surface area (Å²) < 4.78 is 0. The number of nitrogens with one attached hydrogen (secondary N) is 2. The molecule has 1 heterocycles. The lowest BCUT2D eigenvalue weighted by Gasteiger charge is -2.16. The third kappa shape index (κ3) is 4.71. The number of carbonyl (C=O) groups is 2. The Morgan fingerprint density at radius 3 is 2.41 bits per heavy atom. The topological polar surface area (TPSA) is 84.2 Å².